The summed E-state index contributed by atoms with van der Waals surface area (Å²) in [4.78, 5) is 21.1. The smallest absolute Gasteiger partial charge is 0.272 e. The van der Waals surface area contributed by atoms with Crippen LogP contribution in [-0.4, -0.2) is 77.4 Å². The first-order valence-corrected chi connectivity index (χ1v) is 10.7. The molecule has 0 aliphatic carbocycles. The number of rotatable bonds is 3. The highest BCUT2D eigenvalue weighted by atomic mass is 32.2. The van der Waals surface area contributed by atoms with E-state index < -0.39 is 9.84 Å². The number of para-hydroxylation sites is 1. The molecular weight excluding hydrogens is 352 g/mol. The van der Waals surface area contributed by atoms with Crippen LogP contribution in [0, 0.1) is 0 Å². The van der Waals surface area contributed by atoms with Gasteiger partial charge in [-0.3, -0.25) is 14.3 Å². The number of aromatic nitrogens is 2. The highest BCUT2D eigenvalue weighted by molar-refractivity contribution is 7.91. The number of nitrogens with zero attached hydrogens (tertiary/aromatic N) is 4. The van der Waals surface area contributed by atoms with Crippen molar-refractivity contribution in [1.82, 2.24) is 19.4 Å². The molecule has 2 fully saturated rings. The quantitative estimate of drug-likeness (QED) is 0.795. The molecule has 0 spiro atoms. The lowest BCUT2D eigenvalue weighted by molar-refractivity contribution is 0.0580. The average molecular weight is 374 g/mol. The molecule has 1 unspecified atom stereocenters. The number of piperazine rings is 1. The molecule has 2 aliphatic heterocycles. The zero-order valence-corrected chi connectivity index (χ0v) is 15.3. The van der Waals surface area contributed by atoms with E-state index in [1.165, 1.54) is 0 Å². The van der Waals surface area contributed by atoms with Gasteiger partial charge in [0.25, 0.3) is 5.91 Å². The minimum absolute atomic E-state index is 0.0370. The molecule has 3 heterocycles. The molecule has 26 heavy (non-hydrogen) atoms. The van der Waals surface area contributed by atoms with Gasteiger partial charge in [0.05, 0.1) is 24.0 Å². The van der Waals surface area contributed by atoms with Crippen LogP contribution in [0.5, 0.6) is 0 Å². The molecule has 0 bridgehead atoms. The van der Waals surface area contributed by atoms with Crippen LogP contribution >= 0.6 is 0 Å². The lowest BCUT2D eigenvalue weighted by Gasteiger charge is -2.37. The van der Waals surface area contributed by atoms with Gasteiger partial charge in [0.1, 0.15) is 5.69 Å². The van der Waals surface area contributed by atoms with Crippen molar-refractivity contribution in [2.24, 2.45) is 0 Å². The van der Waals surface area contributed by atoms with Crippen LogP contribution in [0.3, 0.4) is 0 Å². The van der Waals surface area contributed by atoms with E-state index in [4.69, 9.17) is 0 Å². The molecule has 0 radical (unpaired) electrons. The third kappa shape index (κ3) is 3.39. The molecule has 8 heteroatoms. The molecule has 1 aromatic heterocycles. The summed E-state index contributed by atoms with van der Waals surface area (Å²) in [6.07, 6.45) is 3.96. The number of sulfone groups is 1. The van der Waals surface area contributed by atoms with Crippen molar-refractivity contribution < 1.29 is 13.2 Å². The van der Waals surface area contributed by atoms with Crippen LogP contribution in [0.2, 0.25) is 0 Å². The Labute approximate surface area is 153 Å². The fourth-order valence-electron chi connectivity index (χ4n) is 3.76. The number of amides is 1. The van der Waals surface area contributed by atoms with Crippen molar-refractivity contribution in [3.8, 4) is 5.69 Å². The second-order valence-electron chi connectivity index (χ2n) is 6.87. The molecule has 138 valence electrons. The van der Waals surface area contributed by atoms with E-state index in [0.29, 0.717) is 38.3 Å². The Morgan fingerprint density at radius 3 is 2.46 bits per heavy atom. The van der Waals surface area contributed by atoms with Crippen molar-refractivity contribution in [2.45, 2.75) is 12.5 Å². The van der Waals surface area contributed by atoms with Crippen molar-refractivity contribution >= 4 is 15.7 Å². The Bertz CT molecular complexity index is 886. The fraction of sp³-hybridized carbons (Fsp3) is 0.444. The Morgan fingerprint density at radius 2 is 1.81 bits per heavy atom. The number of hydrogen-bond donors (Lipinski definition) is 0. The average Bonchev–Trinajstić information content (AvgIpc) is 3.28. The normalized spacial score (nSPS) is 23.2. The highest BCUT2D eigenvalue weighted by Gasteiger charge is 2.34. The topological polar surface area (TPSA) is 75.5 Å². The Balaban J connectivity index is 1.43. The van der Waals surface area contributed by atoms with Gasteiger partial charge < -0.3 is 4.90 Å². The SMILES string of the molecule is O=C(c1cncn1-c1ccccc1)N1CCN(C2CCS(=O)(=O)C2)CC1. The zero-order valence-electron chi connectivity index (χ0n) is 14.5. The summed E-state index contributed by atoms with van der Waals surface area (Å²) in [5.74, 6) is 0.500. The maximum Gasteiger partial charge on any atom is 0.272 e. The molecular formula is C18H22N4O3S. The van der Waals surface area contributed by atoms with Crippen LogP contribution in [-0.2, 0) is 9.84 Å². The van der Waals surface area contributed by atoms with Crippen LogP contribution in [0.25, 0.3) is 5.69 Å². The molecule has 7 nitrogen and oxygen atoms in total. The lowest BCUT2D eigenvalue weighted by Crippen LogP contribution is -2.52. The van der Waals surface area contributed by atoms with Gasteiger partial charge in [-0.25, -0.2) is 13.4 Å². The molecule has 0 N–H and O–H groups in total. The van der Waals surface area contributed by atoms with E-state index >= 15 is 0 Å². The Morgan fingerprint density at radius 1 is 1.08 bits per heavy atom. The maximum absolute atomic E-state index is 12.9. The van der Waals surface area contributed by atoms with Gasteiger partial charge >= 0.3 is 0 Å². The number of imidazole rings is 1. The van der Waals surface area contributed by atoms with Gasteiger partial charge in [0.15, 0.2) is 9.84 Å². The largest absolute Gasteiger partial charge is 0.335 e. The lowest BCUT2D eigenvalue weighted by atomic mass is 10.2. The van der Waals surface area contributed by atoms with Crippen molar-refractivity contribution in [3.05, 3.63) is 48.5 Å². The standard InChI is InChI=1S/C18H22N4O3S/c23-18(17-12-19-14-22(17)15-4-2-1-3-5-15)21-9-7-20(8-10-21)16-6-11-26(24,25)13-16/h1-5,12,14,16H,6-11,13H2. The molecule has 1 aromatic carbocycles. The number of carbonyl (C=O) groups is 1. The Hall–Kier alpha value is -2.19. The first kappa shape index (κ1) is 17.2. The summed E-state index contributed by atoms with van der Waals surface area (Å²) in [7, 11) is -2.88. The first-order chi connectivity index (χ1) is 12.5. The minimum Gasteiger partial charge on any atom is -0.335 e. The summed E-state index contributed by atoms with van der Waals surface area (Å²) >= 11 is 0. The summed E-state index contributed by atoms with van der Waals surface area (Å²) in [5.41, 5.74) is 1.45. The molecule has 4 rings (SSSR count). The van der Waals surface area contributed by atoms with E-state index in [0.717, 1.165) is 5.69 Å². The van der Waals surface area contributed by atoms with E-state index in [-0.39, 0.29) is 23.5 Å². The summed E-state index contributed by atoms with van der Waals surface area (Å²) in [6, 6.07) is 9.78. The number of carbonyl (C=O) groups excluding carboxylic acids is 1. The van der Waals surface area contributed by atoms with E-state index in [2.05, 4.69) is 9.88 Å². The summed E-state index contributed by atoms with van der Waals surface area (Å²) in [6.45, 7) is 2.64. The van der Waals surface area contributed by atoms with Gasteiger partial charge in [-0.05, 0) is 18.6 Å². The van der Waals surface area contributed by atoms with Crippen LogP contribution in [0.15, 0.2) is 42.9 Å². The molecule has 1 amide bonds. The molecule has 1 atom stereocenters. The first-order valence-electron chi connectivity index (χ1n) is 8.85. The third-order valence-corrected chi connectivity index (χ3v) is 6.97. The molecule has 2 saturated heterocycles. The van der Waals surface area contributed by atoms with Gasteiger partial charge in [0, 0.05) is 37.9 Å². The second kappa shape index (κ2) is 6.85. The summed E-state index contributed by atoms with van der Waals surface area (Å²) < 4.78 is 25.2. The monoisotopic (exact) mass is 374 g/mol. The predicted molar refractivity (Wildman–Crippen MR) is 98.1 cm³/mol. The van der Waals surface area contributed by atoms with Crippen molar-refractivity contribution in [1.29, 1.82) is 0 Å². The number of hydrogen-bond acceptors (Lipinski definition) is 5. The highest BCUT2D eigenvalue weighted by Crippen LogP contribution is 2.20. The zero-order chi connectivity index (χ0) is 18.1. The number of benzene rings is 1. The molecule has 2 aromatic rings. The predicted octanol–water partition coefficient (Wildman–Crippen LogP) is 0.817. The van der Waals surface area contributed by atoms with E-state index in [9.17, 15) is 13.2 Å². The molecule has 2 aliphatic rings. The summed E-state index contributed by atoms with van der Waals surface area (Å²) in [5, 5.41) is 0. The Kier molecular flexibility index (Phi) is 4.54. The van der Waals surface area contributed by atoms with Gasteiger partial charge in [-0.15, -0.1) is 0 Å². The van der Waals surface area contributed by atoms with Gasteiger partial charge in [-0.2, -0.15) is 0 Å². The second-order valence-corrected chi connectivity index (χ2v) is 9.10. The van der Waals surface area contributed by atoms with Crippen LogP contribution in [0.1, 0.15) is 16.9 Å². The van der Waals surface area contributed by atoms with Crippen molar-refractivity contribution in [3.63, 3.8) is 0 Å². The molecule has 0 saturated carbocycles. The van der Waals surface area contributed by atoms with E-state index in [1.54, 1.807) is 17.1 Å². The third-order valence-electron chi connectivity index (χ3n) is 5.22. The fourth-order valence-corrected chi connectivity index (χ4v) is 5.52. The van der Waals surface area contributed by atoms with Gasteiger partial charge in [0.2, 0.25) is 0 Å². The van der Waals surface area contributed by atoms with E-state index in [1.807, 2.05) is 35.2 Å². The minimum atomic E-state index is -2.88. The van der Waals surface area contributed by atoms with Crippen LogP contribution < -0.4 is 0 Å². The maximum atomic E-state index is 12.9. The van der Waals surface area contributed by atoms with Crippen molar-refractivity contribution in [2.75, 3.05) is 37.7 Å². The van der Waals surface area contributed by atoms with Crippen LogP contribution in [0.4, 0.5) is 0 Å². The van der Waals surface area contributed by atoms with Gasteiger partial charge in [-0.1, -0.05) is 18.2 Å².